The van der Waals surface area contributed by atoms with E-state index in [1.165, 1.54) is 18.5 Å². The molecule has 0 unspecified atom stereocenters. The van der Waals surface area contributed by atoms with E-state index in [9.17, 15) is 18.4 Å². The van der Waals surface area contributed by atoms with Crippen LogP contribution in [-0.4, -0.2) is 29.5 Å². The second-order valence-corrected chi connectivity index (χ2v) is 6.44. The van der Waals surface area contributed by atoms with Crippen molar-refractivity contribution in [1.29, 1.82) is 0 Å². The maximum Gasteiger partial charge on any atom is 0.387 e. The Balaban J connectivity index is 2.02. The van der Waals surface area contributed by atoms with Gasteiger partial charge in [-0.2, -0.15) is 8.78 Å². The van der Waals surface area contributed by atoms with E-state index in [-0.39, 0.29) is 44.9 Å². The quantitative estimate of drug-likeness (QED) is 0.734. The predicted molar refractivity (Wildman–Crippen MR) is 98.6 cm³/mol. The average Bonchev–Trinajstić information content (AvgIpc) is 2.64. The van der Waals surface area contributed by atoms with Crippen LogP contribution in [0.3, 0.4) is 0 Å². The molecule has 148 valence electrons. The number of ether oxygens (including phenoxy) is 2. The van der Waals surface area contributed by atoms with Crippen molar-refractivity contribution >= 4 is 46.4 Å². The van der Waals surface area contributed by atoms with Crippen molar-refractivity contribution in [2.45, 2.75) is 26.1 Å². The molecule has 0 aliphatic carbocycles. The fourth-order valence-electron chi connectivity index (χ4n) is 2.56. The van der Waals surface area contributed by atoms with Crippen molar-refractivity contribution in [3.05, 3.63) is 40.1 Å². The fourth-order valence-corrected chi connectivity index (χ4v) is 3.02. The average molecular weight is 432 g/mol. The number of nitrogens with one attached hydrogen (secondary N) is 2. The Morgan fingerprint density at radius 1 is 1.36 bits per heavy atom. The zero-order valence-corrected chi connectivity index (χ0v) is 15.8. The van der Waals surface area contributed by atoms with Crippen LogP contribution in [-0.2, 0) is 4.79 Å². The van der Waals surface area contributed by atoms with Gasteiger partial charge < -0.3 is 20.1 Å². The Labute approximate surface area is 167 Å². The molecular formula is C17H13Cl2F2N3O4. The number of hydrogen-bond donors (Lipinski definition) is 2. The molecule has 11 heteroatoms. The molecule has 7 nitrogen and oxygen atoms in total. The fraction of sp³-hybridized carbons (Fsp3) is 0.235. The molecule has 0 bridgehead atoms. The van der Waals surface area contributed by atoms with Gasteiger partial charge in [-0.25, -0.2) is 0 Å². The summed E-state index contributed by atoms with van der Waals surface area (Å²) in [5.74, 6) is -1.68. The largest absolute Gasteiger partial charge is 0.474 e. The lowest BCUT2D eigenvalue weighted by Gasteiger charge is -2.28. The highest BCUT2D eigenvalue weighted by atomic mass is 35.5. The summed E-state index contributed by atoms with van der Waals surface area (Å²) in [4.78, 5) is 28.7. The number of carbonyl (C=O) groups excluding carboxylic acids is 2. The van der Waals surface area contributed by atoms with E-state index in [0.717, 1.165) is 6.07 Å². The van der Waals surface area contributed by atoms with Gasteiger partial charge in [-0.1, -0.05) is 30.1 Å². The molecule has 3 rings (SSSR count). The Morgan fingerprint density at radius 3 is 2.64 bits per heavy atom. The van der Waals surface area contributed by atoms with Crippen molar-refractivity contribution in [2.75, 3.05) is 10.6 Å². The normalized spacial score (nSPS) is 15.5. The molecule has 2 N–H and O–H groups in total. The molecule has 1 aliphatic heterocycles. The van der Waals surface area contributed by atoms with E-state index in [2.05, 4.69) is 20.4 Å². The van der Waals surface area contributed by atoms with Crippen LogP contribution in [0.15, 0.2) is 24.5 Å². The first-order valence-electron chi connectivity index (χ1n) is 8.01. The summed E-state index contributed by atoms with van der Waals surface area (Å²) >= 11 is 12.0. The highest BCUT2D eigenvalue weighted by molar-refractivity contribution is 6.39. The molecule has 28 heavy (non-hydrogen) atoms. The summed E-state index contributed by atoms with van der Waals surface area (Å²) in [5.41, 5.74) is -0.0328. The minimum atomic E-state index is -3.11. The van der Waals surface area contributed by atoms with Crippen LogP contribution in [0.1, 0.15) is 23.7 Å². The van der Waals surface area contributed by atoms with Crippen LogP contribution in [0.25, 0.3) is 0 Å². The number of alkyl halides is 2. The monoisotopic (exact) mass is 431 g/mol. The number of halogens is 4. The number of benzene rings is 1. The van der Waals surface area contributed by atoms with Crippen LogP contribution in [0.5, 0.6) is 11.5 Å². The number of anilines is 2. The maximum atomic E-state index is 12.7. The highest BCUT2D eigenvalue weighted by Gasteiger charge is 2.33. The molecule has 0 spiro atoms. The van der Waals surface area contributed by atoms with Gasteiger partial charge in [-0.15, -0.1) is 0 Å². The zero-order valence-electron chi connectivity index (χ0n) is 14.3. The Kier molecular flexibility index (Phi) is 5.85. The maximum absolute atomic E-state index is 12.7. The minimum Gasteiger partial charge on any atom is -0.474 e. The van der Waals surface area contributed by atoms with Gasteiger partial charge in [-0.05, 0) is 18.6 Å². The lowest BCUT2D eigenvalue weighted by molar-refractivity contribution is -0.123. The third kappa shape index (κ3) is 3.95. The summed E-state index contributed by atoms with van der Waals surface area (Å²) in [6.45, 7) is -1.42. The van der Waals surface area contributed by atoms with Gasteiger partial charge in [-0.3, -0.25) is 14.6 Å². The third-order valence-corrected chi connectivity index (χ3v) is 4.42. The standard InChI is InChI=1S/C17H13Cl2F2N3O4/c1-2-10-16(26)23-12-7(3-4-11(14(12)27-10)28-17(20)21)15(25)24-13-8(18)5-22-6-9(13)19/h3-6,10,17H,2H2,1H3,(H,23,26)(H,22,24,25)/t10-/m0/s1. The number of rotatable bonds is 5. The van der Waals surface area contributed by atoms with E-state index in [1.54, 1.807) is 6.92 Å². The third-order valence-electron chi connectivity index (χ3n) is 3.85. The SMILES string of the molecule is CC[C@@H]1Oc2c(OC(F)F)ccc(C(=O)Nc3c(Cl)cncc3Cl)c2NC1=O. The predicted octanol–water partition coefficient (Wildman–Crippen LogP) is 4.35. The number of pyridine rings is 1. The van der Waals surface area contributed by atoms with Crippen molar-refractivity contribution < 1.29 is 27.8 Å². The number of carbonyl (C=O) groups is 2. The molecule has 0 saturated carbocycles. The van der Waals surface area contributed by atoms with Crippen LogP contribution in [0, 0.1) is 0 Å². The van der Waals surface area contributed by atoms with Crippen molar-refractivity contribution in [2.24, 2.45) is 0 Å². The van der Waals surface area contributed by atoms with Crippen LogP contribution >= 0.6 is 23.2 Å². The summed E-state index contributed by atoms with van der Waals surface area (Å²) in [5, 5.41) is 5.21. The number of aromatic nitrogens is 1. The number of hydrogen-bond acceptors (Lipinski definition) is 5. The molecule has 2 amide bonds. The summed E-state index contributed by atoms with van der Waals surface area (Å²) < 4.78 is 35.3. The second kappa shape index (κ2) is 8.15. The minimum absolute atomic E-state index is 0.0523. The van der Waals surface area contributed by atoms with E-state index >= 15 is 0 Å². The van der Waals surface area contributed by atoms with Gasteiger partial charge in [0.15, 0.2) is 17.6 Å². The van der Waals surface area contributed by atoms with Gasteiger partial charge >= 0.3 is 6.61 Å². The number of nitrogens with zero attached hydrogens (tertiary/aromatic N) is 1. The molecule has 2 aromatic rings. The van der Waals surface area contributed by atoms with Crippen LogP contribution in [0.2, 0.25) is 10.0 Å². The summed E-state index contributed by atoms with van der Waals surface area (Å²) in [6.07, 6.45) is 1.96. The van der Waals surface area contributed by atoms with Crippen molar-refractivity contribution in [3.63, 3.8) is 0 Å². The van der Waals surface area contributed by atoms with Gasteiger partial charge in [0.25, 0.3) is 11.8 Å². The van der Waals surface area contributed by atoms with Crippen molar-refractivity contribution in [1.82, 2.24) is 4.98 Å². The van der Waals surface area contributed by atoms with Gasteiger partial charge in [0.1, 0.15) is 5.69 Å². The van der Waals surface area contributed by atoms with Gasteiger partial charge in [0.05, 0.1) is 21.3 Å². The smallest absolute Gasteiger partial charge is 0.387 e. The first-order chi connectivity index (χ1) is 13.3. The summed E-state index contributed by atoms with van der Waals surface area (Å²) in [6, 6.07) is 2.37. The van der Waals surface area contributed by atoms with Gasteiger partial charge in [0, 0.05) is 12.4 Å². The van der Waals surface area contributed by atoms with E-state index < -0.39 is 24.5 Å². The zero-order chi connectivity index (χ0) is 20.4. The molecule has 2 heterocycles. The Morgan fingerprint density at radius 2 is 2.04 bits per heavy atom. The molecule has 0 saturated heterocycles. The van der Waals surface area contributed by atoms with Crippen molar-refractivity contribution in [3.8, 4) is 11.5 Å². The van der Waals surface area contributed by atoms with E-state index in [0.29, 0.717) is 0 Å². The van der Waals surface area contributed by atoms with Gasteiger partial charge in [0.2, 0.25) is 0 Å². The molecule has 1 atom stereocenters. The molecular weight excluding hydrogens is 419 g/mol. The lowest BCUT2D eigenvalue weighted by Crippen LogP contribution is -2.37. The molecule has 1 aromatic carbocycles. The molecule has 0 fully saturated rings. The number of amides is 2. The van der Waals surface area contributed by atoms with Crippen LogP contribution < -0.4 is 20.1 Å². The highest BCUT2D eigenvalue weighted by Crippen LogP contribution is 2.43. The Hall–Kier alpha value is -2.65. The first-order valence-corrected chi connectivity index (χ1v) is 8.77. The topological polar surface area (TPSA) is 89.6 Å². The summed E-state index contributed by atoms with van der Waals surface area (Å²) in [7, 11) is 0. The lowest BCUT2D eigenvalue weighted by atomic mass is 10.1. The molecule has 1 aromatic heterocycles. The van der Waals surface area contributed by atoms with Crippen LogP contribution in [0.4, 0.5) is 20.2 Å². The Bertz CT molecular complexity index is 923. The number of fused-ring (bicyclic) bond motifs is 1. The molecule has 1 aliphatic rings. The first kappa shape index (κ1) is 20.1. The second-order valence-electron chi connectivity index (χ2n) is 5.63. The molecule has 0 radical (unpaired) electrons. The van der Waals surface area contributed by atoms with E-state index in [1.807, 2.05) is 0 Å². The van der Waals surface area contributed by atoms with E-state index in [4.69, 9.17) is 27.9 Å².